The van der Waals surface area contributed by atoms with Gasteiger partial charge in [0.2, 0.25) is 5.92 Å². The van der Waals surface area contributed by atoms with Crippen LogP contribution in [0.5, 0.6) is 0 Å². The minimum Gasteiger partial charge on any atom is -0.409 e. The van der Waals surface area contributed by atoms with Gasteiger partial charge in [-0.15, -0.1) is 12.3 Å². The Kier molecular flexibility index (Phi) is 7.35. The highest BCUT2D eigenvalue weighted by Gasteiger charge is 2.39. The molecule has 0 aromatic carbocycles. The molecule has 0 amide bonds. The van der Waals surface area contributed by atoms with Gasteiger partial charge < -0.3 is 9.74 Å². The van der Waals surface area contributed by atoms with Crippen molar-refractivity contribution in [3.05, 3.63) is 35.7 Å². The summed E-state index contributed by atoms with van der Waals surface area (Å²) < 4.78 is 35.7. The van der Waals surface area contributed by atoms with Crippen LogP contribution in [0.25, 0.3) is 5.82 Å². The molecule has 0 saturated heterocycles. The third-order valence-electron chi connectivity index (χ3n) is 6.78. The monoisotopic (exact) mass is 474 g/mol. The topological polar surface area (TPSA) is 52.0 Å². The van der Waals surface area contributed by atoms with Crippen LogP contribution >= 0.6 is 0 Å². The number of aryl methyl sites for hydroxylation is 1. The lowest BCUT2D eigenvalue weighted by Crippen LogP contribution is -2.41. The maximum absolute atomic E-state index is 13.6. The van der Waals surface area contributed by atoms with Crippen molar-refractivity contribution in [1.82, 2.24) is 14.8 Å². The molecule has 1 saturated carbocycles. The lowest BCUT2D eigenvalue weighted by molar-refractivity contribution is -0.0361. The number of nitrogens with zero attached hydrogens (tertiary/aromatic N) is 3. The first-order chi connectivity index (χ1) is 15.3. The number of pyridine rings is 1. The Morgan fingerprint density at radius 3 is 2.52 bits per heavy atom. The van der Waals surface area contributed by atoms with Crippen LogP contribution in [-0.2, 0) is 4.43 Å². The van der Waals surface area contributed by atoms with Gasteiger partial charge in [-0.3, -0.25) is 0 Å². The Balaban J connectivity index is 1.96. The standard InChI is InChI=1S/C25H36F2N4OSi/c1-8-9-21(32-33(6,7)24(3,4)5)19-16-22(28-20-10-13-25(26,27)14-11-20)29-23(17-19)31-15-12-18(2)30-31/h1,12,15-17,20-21H,9-11,13-14H2,2-7H3,(H,28,29). The quantitative estimate of drug-likeness (QED) is 0.360. The second kappa shape index (κ2) is 9.55. The first-order valence-electron chi connectivity index (χ1n) is 11.6. The van der Waals surface area contributed by atoms with Gasteiger partial charge in [-0.2, -0.15) is 5.10 Å². The molecule has 1 fully saturated rings. The normalized spacial score (nSPS) is 18.0. The van der Waals surface area contributed by atoms with E-state index in [0.29, 0.717) is 30.9 Å². The Bertz CT molecular complexity index is 997. The molecule has 2 heterocycles. The maximum atomic E-state index is 13.6. The number of rotatable bonds is 7. The number of terminal acetylenes is 1. The number of aromatic nitrogens is 3. The highest BCUT2D eigenvalue weighted by Crippen LogP contribution is 2.41. The van der Waals surface area contributed by atoms with Crippen molar-refractivity contribution in [3.63, 3.8) is 0 Å². The van der Waals surface area contributed by atoms with Gasteiger partial charge in [0.1, 0.15) is 5.82 Å². The van der Waals surface area contributed by atoms with Crippen LogP contribution < -0.4 is 5.32 Å². The zero-order chi connectivity index (χ0) is 24.4. The van der Waals surface area contributed by atoms with Crippen LogP contribution in [0.1, 0.15) is 70.2 Å². The fourth-order valence-corrected chi connectivity index (χ4v) is 5.00. The van der Waals surface area contributed by atoms with Crippen molar-refractivity contribution in [3.8, 4) is 18.2 Å². The lowest BCUT2D eigenvalue weighted by Gasteiger charge is -2.39. The summed E-state index contributed by atoms with van der Waals surface area (Å²) in [6.07, 6.45) is 8.33. The summed E-state index contributed by atoms with van der Waals surface area (Å²) in [6.45, 7) is 12.9. The molecule has 0 bridgehead atoms. The van der Waals surface area contributed by atoms with E-state index >= 15 is 0 Å². The Morgan fingerprint density at radius 1 is 1.30 bits per heavy atom. The molecule has 1 unspecified atom stereocenters. The minimum atomic E-state index is -2.57. The van der Waals surface area contributed by atoms with E-state index in [1.165, 1.54) is 0 Å². The van der Waals surface area contributed by atoms with Crippen molar-refractivity contribution in [2.45, 2.75) is 96.0 Å². The molecule has 1 aliphatic rings. The van der Waals surface area contributed by atoms with Crippen molar-refractivity contribution in [2.75, 3.05) is 5.32 Å². The van der Waals surface area contributed by atoms with E-state index in [-0.39, 0.29) is 30.0 Å². The largest absolute Gasteiger partial charge is 0.409 e. The van der Waals surface area contributed by atoms with Crippen LogP contribution in [0.15, 0.2) is 24.4 Å². The van der Waals surface area contributed by atoms with Gasteiger partial charge in [-0.05, 0) is 61.7 Å². The summed E-state index contributed by atoms with van der Waals surface area (Å²) in [5.74, 6) is 1.47. The van der Waals surface area contributed by atoms with E-state index in [1.807, 2.05) is 31.3 Å². The average molecular weight is 475 g/mol. The van der Waals surface area contributed by atoms with Crippen molar-refractivity contribution < 1.29 is 13.2 Å². The fourth-order valence-electron chi connectivity index (χ4n) is 3.72. The van der Waals surface area contributed by atoms with Crippen molar-refractivity contribution in [2.24, 2.45) is 0 Å². The smallest absolute Gasteiger partial charge is 0.248 e. The SMILES string of the molecule is C#CCC(O[Si](C)(C)C(C)(C)C)c1cc(NC2CCC(F)(F)CC2)nc(-n2ccc(C)n2)c1. The molecule has 1 N–H and O–H groups in total. The van der Waals surface area contributed by atoms with Crippen molar-refractivity contribution in [1.29, 1.82) is 0 Å². The maximum Gasteiger partial charge on any atom is 0.248 e. The van der Waals surface area contributed by atoms with Crippen LogP contribution in [0, 0.1) is 19.3 Å². The number of nitrogens with one attached hydrogen (secondary N) is 1. The van der Waals surface area contributed by atoms with Crippen LogP contribution in [0.2, 0.25) is 18.1 Å². The molecule has 2 aromatic heterocycles. The van der Waals surface area contributed by atoms with Crippen LogP contribution in [0.4, 0.5) is 14.6 Å². The van der Waals surface area contributed by atoms with Crippen LogP contribution in [0.3, 0.4) is 0 Å². The van der Waals surface area contributed by atoms with E-state index in [9.17, 15) is 8.78 Å². The molecule has 33 heavy (non-hydrogen) atoms. The summed E-state index contributed by atoms with van der Waals surface area (Å²) in [6, 6.07) is 5.77. The van der Waals surface area contributed by atoms with Gasteiger partial charge in [0, 0.05) is 31.5 Å². The second-order valence-corrected chi connectivity index (χ2v) is 15.4. The summed E-state index contributed by atoms with van der Waals surface area (Å²) in [7, 11) is -2.10. The van der Waals surface area contributed by atoms with Gasteiger partial charge in [-0.25, -0.2) is 18.4 Å². The summed E-state index contributed by atoms with van der Waals surface area (Å²) in [5.41, 5.74) is 1.79. The first-order valence-corrected chi connectivity index (χ1v) is 14.5. The van der Waals surface area contributed by atoms with Gasteiger partial charge in [-0.1, -0.05) is 20.8 Å². The van der Waals surface area contributed by atoms with Gasteiger partial charge in [0.25, 0.3) is 0 Å². The molecule has 2 aromatic rings. The number of hydrogen-bond acceptors (Lipinski definition) is 4. The minimum absolute atomic E-state index is 0.0310. The molecule has 1 atom stereocenters. The molecule has 3 rings (SSSR count). The Hall–Kier alpha value is -2.24. The summed E-state index contributed by atoms with van der Waals surface area (Å²) >= 11 is 0. The summed E-state index contributed by atoms with van der Waals surface area (Å²) in [5, 5.41) is 7.92. The molecule has 5 nitrogen and oxygen atoms in total. The predicted octanol–water partition coefficient (Wildman–Crippen LogP) is 6.65. The van der Waals surface area contributed by atoms with Gasteiger partial charge in [0.15, 0.2) is 14.1 Å². The molecular formula is C25H36F2N4OSi. The highest BCUT2D eigenvalue weighted by atomic mass is 28.4. The second-order valence-electron chi connectivity index (χ2n) is 10.6. The number of alkyl halides is 2. The van der Waals surface area contributed by atoms with E-state index in [0.717, 1.165) is 11.3 Å². The fraction of sp³-hybridized carbons (Fsp3) is 0.600. The highest BCUT2D eigenvalue weighted by molar-refractivity contribution is 6.74. The van der Waals surface area contributed by atoms with E-state index in [2.05, 4.69) is 50.2 Å². The Labute approximate surface area is 197 Å². The third-order valence-corrected chi connectivity index (χ3v) is 11.3. The lowest BCUT2D eigenvalue weighted by atomic mass is 9.92. The van der Waals surface area contributed by atoms with Gasteiger partial charge >= 0.3 is 0 Å². The number of halogens is 2. The zero-order valence-electron chi connectivity index (χ0n) is 20.6. The van der Waals surface area contributed by atoms with Crippen molar-refractivity contribution >= 4 is 14.1 Å². The average Bonchev–Trinajstić information content (AvgIpc) is 3.14. The number of hydrogen-bond donors (Lipinski definition) is 1. The van der Waals surface area contributed by atoms with Gasteiger partial charge in [0.05, 0.1) is 11.8 Å². The Morgan fingerprint density at radius 2 is 1.97 bits per heavy atom. The van der Waals surface area contributed by atoms with E-state index in [1.54, 1.807) is 4.68 Å². The van der Waals surface area contributed by atoms with E-state index < -0.39 is 14.2 Å². The zero-order valence-corrected chi connectivity index (χ0v) is 21.6. The third kappa shape index (κ3) is 6.42. The number of anilines is 1. The molecule has 0 radical (unpaired) electrons. The molecule has 1 aliphatic carbocycles. The molecule has 8 heteroatoms. The molecular weight excluding hydrogens is 438 g/mol. The molecule has 180 valence electrons. The first kappa shape index (κ1) is 25.4. The van der Waals surface area contributed by atoms with Crippen LogP contribution in [-0.4, -0.2) is 35.0 Å². The molecule has 0 spiro atoms. The van der Waals surface area contributed by atoms with E-state index in [4.69, 9.17) is 15.8 Å². The summed E-state index contributed by atoms with van der Waals surface area (Å²) in [4.78, 5) is 4.74. The predicted molar refractivity (Wildman–Crippen MR) is 131 cm³/mol. The molecule has 0 aliphatic heterocycles.